The average Bonchev–Trinajstić information content (AvgIpc) is 3.35. The third-order valence-corrected chi connectivity index (χ3v) is 9.07. The number of fused-ring (bicyclic) bond motifs is 2. The van der Waals surface area contributed by atoms with Crippen LogP contribution in [0.15, 0.2) is 52.3 Å². The monoisotopic (exact) mass is 572 g/mol. The quantitative estimate of drug-likeness (QED) is 0.428. The van der Waals surface area contributed by atoms with E-state index >= 15 is 0 Å². The van der Waals surface area contributed by atoms with Gasteiger partial charge in [0.25, 0.3) is 5.91 Å². The topological polar surface area (TPSA) is 150 Å². The van der Waals surface area contributed by atoms with Crippen molar-refractivity contribution in [2.45, 2.75) is 22.7 Å². The second kappa shape index (κ2) is 10.2. The summed E-state index contributed by atoms with van der Waals surface area (Å²) in [5.74, 6) is -3.63. The lowest BCUT2D eigenvalue weighted by Crippen LogP contribution is -2.41. The van der Waals surface area contributed by atoms with E-state index in [-0.39, 0.29) is 0 Å². The number of urea groups is 1. The second-order valence-electron chi connectivity index (χ2n) is 8.69. The van der Waals surface area contributed by atoms with Gasteiger partial charge in [-0.05, 0) is 42.0 Å². The number of hydrogen-bond donors (Lipinski definition) is 2. The molecule has 202 valence electrons. The van der Waals surface area contributed by atoms with E-state index in [0.717, 1.165) is 23.1 Å². The molecule has 0 aliphatic carbocycles. The lowest BCUT2D eigenvalue weighted by atomic mass is 9.83. The van der Waals surface area contributed by atoms with Gasteiger partial charge in [-0.15, -0.1) is 0 Å². The molecule has 0 saturated carbocycles. The maximum Gasteiger partial charge on any atom is 0.328 e. The highest BCUT2D eigenvalue weighted by molar-refractivity contribution is 8.00. The van der Waals surface area contributed by atoms with E-state index in [0.29, 0.717) is 37.6 Å². The summed E-state index contributed by atoms with van der Waals surface area (Å²) < 4.78 is 25.2. The summed E-state index contributed by atoms with van der Waals surface area (Å²) in [5, 5.41) is 1.87. The summed E-state index contributed by atoms with van der Waals surface area (Å²) in [6, 6.07) is 8.90. The molecule has 3 heterocycles. The molecular formula is C25H21FN4O7S2. The highest BCUT2D eigenvalue weighted by atomic mass is 32.2. The van der Waals surface area contributed by atoms with Crippen molar-refractivity contribution >= 4 is 52.5 Å². The Morgan fingerprint density at radius 2 is 1.72 bits per heavy atom. The number of benzene rings is 2. The SMILES string of the molecule is COc1ccc([C@@H]2c3sc(=O)n(CC(=O)Nc4ccc(F)cc4)c3S[C@@H]3C(=O)N(C(N)=O)C(=O)[C@H]23)cc1OC. The van der Waals surface area contributed by atoms with Crippen LogP contribution >= 0.6 is 23.1 Å². The smallest absolute Gasteiger partial charge is 0.328 e. The van der Waals surface area contributed by atoms with E-state index in [1.807, 2.05) is 0 Å². The summed E-state index contributed by atoms with van der Waals surface area (Å²) in [4.78, 5) is 64.8. The highest BCUT2D eigenvalue weighted by Gasteiger charge is 2.58. The maximum absolute atomic E-state index is 13.3. The van der Waals surface area contributed by atoms with Gasteiger partial charge < -0.3 is 20.5 Å². The number of anilines is 1. The average molecular weight is 573 g/mol. The van der Waals surface area contributed by atoms with Gasteiger partial charge in [0.15, 0.2) is 11.5 Å². The molecule has 2 aliphatic heterocycles. The fourth-order valence-corrected chi connectivity index (χ4v) is 7.53. The summed E-state index contributed by atoms with van der Waals surface area (Å²) in [7, 11) is 2.91. The van der Waals surface area contributed by atoms with Crippen LogP contribution in [-0.4, -0.2) is 52.7 Å². The Morgan fingerprint density at radius 3 is 2.36 bits per heavy atom. The number of carbonyl (C=O) groups is 4. The maximum atomic E-state index is 13.3. The molecule has 5 rings (SSSR count). The lowest BCUT2D eigenvalue weighted by molar-refractivity contribution is -0.135. The number of halogens is 1. The first-order valence-corrected chi connectivity index (χ1v) is 13.2. The summed E-state index contributed by atoms with van der Waals surface area (Å²) >= 11 is 1.78. The van der Waals surface area contributed by atoms with Crippen molar-refractivity contribution in [2.75, 3.05) is 19.5 Å². The predicted octanol–water partition coefficient (Wildman–Crippen LogP) is 2.37. The summed E-state index contributed by atoms with van der Waals surface area (Å²) in [5.41, 5.74) is 6.23. The van der Waals surface area contributed by atoms with E-state index in [1.54, 1.807) is 18.2 Å². The first kappa shape index (κ1) is 26.4. The van der Waals surface area contributed by atoms with Gasteiger partial charge in [0, 0.05) is 16.5 Å². The standard InChI is InChI=1S/C25H21FN4O7S2/c1-36-14-8-3-11(9-15(14)37-2)17-18-19(22(33)30(21(18)32)24(27)34)38-23-20(17)39-25(35)29(23)10-16(31)28-13-6-4-12(26)5-7-13/h3-9,17-19H,10H2,1-2H3,(H2,27,34)(H,28,31)/t17-,18+,19-/m0/s1. The number of rotatable bonds is 6. The number of ether oxygens (including phenoxy) is 2. The molecule has 1 saturated heterocycles. The molecule has 2 aliphatic rings. The summed E-state index contributed by atoms with van der Waals surface area (Å²) in [6.07, 6.45) is 0. The molecule has 3 atom stereocenters. The van der Waals surface area contributed by atoms with Gasteiger partial charge in [-0.25, -0.2) is 9.18 Å². The molecule has 3 aromatic rings. The number of primary amides is 1. The van der Waals surface area contributed by atoms with Crippen molar-refractivity contribution in [2.24, 2.45) is 11.7 Å². The number of amides is 5. The van der Waals surface area contributed by atoms with Gasteiger partial charge in [-0.2, -0.15) is 4.90 Å². The highest BCUT2D eigenvalue weighted by Crippen LogP contribution is 2.54. The van der Waals surface area contributed by atoms with Gasteiger partial charge in [0.05, 0.1) is 25.2 Å². The number of hydrogen-bond acceptors (Lipinski definition) is 9. The van der Waals surface area contributed by atoms with Crippen LogP contribution in [0.3, 0.4) is 0 Å². The van der Waals surface area contributed by atoms with Crippen molar-refractivity contribution in [3.63, 3.8) is 0 Å². The second-order valence-corrected chi connectivity index (χ2v) is 10.8. The van der Waals surface area contributed by atoms with Crippen molar-refractivity contribution in [1.29, 1.82) is 0 Å². The van der Waals surface area contributed by atoms with E-state index < -0.39 is 58.1 Å². The van der Waals surface area contributed by atoms with E-state index in [9.17, 15) is 28.4 Å². The molecule has 0 unspecified atom stereocenters. The van der Waals surface area contributed by atoms with Crippen LogP contribution in [0, 0.1) is 11.7 Å². The molecule has 0 radical (unpaired) electrons. The number of likely N-dealkylation sites (tertiary alicyclic amines) is 1. The summed E-state index contributed by atoms with van der Waals surface area (Å²) in [6.45, 7) is -0.396. The number of nitrogens with two attached hydrogens (primary N) is 1. The Morgan fingerprint density at radius 1 is 1.03 bits per heavy atom. The Hall–Kier alpha value is -4.17. The fourth-order valence-electron chi connectivity index (χ4n) is 4.76. The van der Waals surface area contributed by atoms with E-state index in [1.165, 1.54) is 43.1 Å². The zero-order chi connectivity index (χ0) is 28.0. The van der Waals surface area contributed by atoms with Crippen LogP contribution < -0.4 is 25.4 Å². The van der Waals surface area contributed by atoms with Gasteiger partial charge in [0.1, 0.15) is 17.6 Å². The van der Waals surface area contributed by atoms with Crippen LogP contribution in [-0.2, 0) is 20.9 Å². The third-order valence-electron chi connectivity index (χ3n) is 6.47. The van der Waals surface area contributed by atoms with E-state index in [2.05, 4.69) is 5.32 Å². The normalized spacial score (nSPS) is 19.9. The predicted molar refractivity (Wildman–Crippen MR) is 140 cm³/mol. The molecule has 0 spiro atoms. The van der Waals surface area contributed by atoms with Crippen molar-refractivity contribution < 1.29 is 33.0 Å². The van der Waals surface area contributed by atoms with Gasteiger partial charge >= 0.3 is 10.9 Å². The van der Waals surface area contributed by atoms with Crippen LogP contribution in [0.1, 0.15) is 16.4 Å². The number of aromatic nitrogens is 1. The minimum absolute atomic E-state index is 0.327. The first-order valence-electron chi connectivity index (χ1n) is 11.5. The number of thiazole rings is 1. The van der Waals surface area contributed by atoms with Crippen LogP contribution in [0.2, 0.25) is 0 Å². The van der Waals surface area contributed by atoms with Crippen molar-refractivity contribution in [3.8, 4) is 11.5 Å². The number of methoxy groups -OCH3 is 2. The fraction of sp³-hybridized carbons (Fsp3) is 0.240. The van der Waals surface area contributed by atoms with Gasteiger partial charge in [-0.3, -0.25) is 23.7 Å². The first-order chi connectivity index (χ1) is 18.6. The minimum atomic E-state index is -1.19. The Labute approximate surface area is 228 Å². The third kappa shape index (κ3) is 4.55. The zero-order valence-electron chi connectivity index (χ0n) is 20.5. The van der Waals surface area contributed by atoms with Gasteiger partial charge in [0.2, 0.25) is 11.8 Å². The Balaban J connectivity index is 1.59. The Bertz CT molecular complexity index is 1570. The van der Waals surface area contributed by atoms with Crippen LogP contribution in [0.5, 0.6) is 11.5 Å². The number of thioether (sulfide) groups is 1. The number of nitrogens with one attached hydrogen (secondary N) is 1. The molecule has 5 amide bonds. The Kier molecular flexibility index (Phi) is 6.91. The minimum Gasteiger partial charge on any atom is -0.493 e. The molecule has 14 heteroatoms. The van der Waals surface area contributed by atoms with Crippen molar-refractivity contribution in [3.05, 3.63) is 68.4 Å². The van der Waals surface area contributed by atoms with Crippen molar-refractivity contribution in [1.82, 2.24) is 9.47 Å². The molecule has 0 bridgehead atoms. The molecule has 2 aromatic carbocycles. The molecule has 11 nitrogen and oxygen atoms in total. The number of carbonyl (C=O) groups excluding carboxylic acids is 4. The molecule has 1 aromatic heterocycles. The van der Waals surface area contributed by atoms with Crippen LogP contribution in [0.25, 0.3) is 0 Å². The lowest BCUT2D eigenvalue weighted by Gasteiger charge is -2.31. The molecule has 39 heavy (non-hydrogen) atoms. The van der Waals surface area contributed by atoms with Crippen LogP contribution in [0.4, 0.5) is 14.9 Å². The van der Waals surface area contributed by atoms with E-state index in [4.69, 9.17) is 15.2 Å². The van der Waals surface area contributed by atoms with Gasteiger partial charge in [-0.1, -0.05) is 29.2 Å². The molecule has 3 N–H and O–H groups in total. The molecule has 1 fully saturated rings. The zero-order valence-corrected chi connectivity index (χ0v) is 22.1. The number of nitrogens with zero attached hydrogens (tertiary/aromatic N) is 2. The number of imide groups is 3. The largest absolute Gasteiger partial charge is 0.493 e. The molecular weight excluding hydrogens is 551 g/mol.